The number of carbonyl (C=O) groups is 1. The Kier molecular flexibility index (Phi) is 5.70. The van der Waals surface area contributed by atoms with Gasteiger partial charge in [0, 0.05) is 18.1 Å². The van der Waals surface area contributed by atoms with Gasteiger partial charge in [0.15, 0.2) is 0 Å². The van der Waals surface area contributed by atoms with Gasteiger partial charge < -0.3 is 25.5 Å². The smallest absolute Gasteiger partial charge is 0.322 e. The molecule has 1 aromatic carbocycles. The van der Waals surface area contributed by atoms with E-state index < -0.39 is 6.03 Å². The molecule has 0 aliphatic rings. The Bertz CT molecular complexity index is 408. The third kappa shape index (κ3) is 4.06. The fraction of sp³-hybridized carbons (Fsp3) is 0.364. The maximum absolute atomic E-state index is 11.8. The number of benzene rings is 1. The van der Waals surface area contributed by atoms with Gasteiger partial charge in [0.05, 0.1) is 18.9 Å². The molecule has 0 aromatic heterocycles. The number of aliphatic hydroxyl groups is 2. The zero-order chi connectivity index (χ0) is 13.5. The summed E-state index contributed by atoms with van der Waals surface area (Å²) < 4.78 is 0. The van der Waals surface area contributed by atoms with Gasteiger partial charge in [-0.3, -0.25) is 0 Å². The molecule has 0 spiro atoms. The lowest BCUT2D eigenvalue weighted by molar-refractivity contribution is 0.167. The molecule has 2 amide bonds. The zero-order valence-electron chi connectivity index (χ0n) is 9.64. The van der Waals surface area contributed by atoms with Gasteiger partial charge in [0.25, 0.3) is 0 Å². The Balaban J connectivity index is 2.75. The molecule has 0 unspecified atom stereocenters. The molecule has 18 heavy (non-hydrogen) atoms. The number of phenols is 1. The van der Waals surface area contributed by atoms with E-state index in [0.717, 1.165) is 0 Å². The number of anilines is 1. The van der Waals surface area contributed by atoms with Gasteiger partial charge in [0.2, 0.25) is 0 Å². The number of hydrogen-bond donors (Lipinski definition) is 4. The van der Waals surface area contributed by atoms with Crippen LogP contribution in [0.25, 0.3) is 0 Å². The van der Waals surface area contributed by atoms with Crippen molar-refractivity contribution in [3.8, 4) is 5.75 Å². The third-order valence-corrected chi connectivity index (χ3v) is 2.46. The molecule has 0 fully saturated rings. The maximum Gasteiger partial charge on any atom is 0.322 e. The number of hydrogen-bond acceptors (Lipinski definition) is 4. The molecular formula is C11H15ClN2O4. The van der Waals surface area contributed by atoms with E-state index in [-0.39, 0.29) is 37.7 Å². The fourth-order valence-corrected chi connectivity index (χ4v) is 1.53. The summed E-state index contributed by atoms with van der Waals surface area (Å²) in [4.78, 5) is 13.0. The second-order valence-electron chi connectivity index (χ2n) is 3.53. The van der Waals surface area contributed by atoms with Crippen molar-refractivity contribution < 1.29 is 20.1 Å². The van der Waals surface area contributed by atoms with Crippen LogP contribution in [0.4, 0.5) is 10.5 Å². The van der Waals surface area contributed by atoms with Crippen LogP contribution in [0, 0.1) is 0 Å². The molecule has 0 saturated carbocycles. The first-order chi connectivity index (χ1) is 8.58. The van der Waals surface area contributed by atoms with Crippen molar-refractivity contribution in [3.05, 3.63) is 23.2 Å². The summed E-state index contributed by atoms with van der Waals surface area (Å²) in [6.07, 6.45) is 0. The van der Waals surface area contributed by atoms with E-state index in [1.54, 1.807) is 0 Å². The number of nitrogens with one attached hydrogen (secondary N) is 1. The molecule has 100 valence electrons. The lowest BCUT2D eigenvalue weighted by atomic mass is 10.3. The Hall–Kier alpha value is -1.50. The molecule has 0 heterocycles. The van der Waals surface area contributed by atoms with Gasteiger partial charge in [-0.15, -0.1) is 0 Å². The van der Waals surface area contributed by atoms with Crippen LogP contribution in [0.1, 0.15) is 0 Å². The molecule has 1 rings (SSSR count). The Morgan fingerprint density at radius 3 is 2.44 bits per heavy atom. The second kappa shape index (κ2) is 7.05. The monoisotopic (exact) mass is 274 g/mol. The van der Waals surface area contributed by atoms with Crippen LogP contribution in [0.5, 0.6) is 5.75 Å². The van der Waals surface area contributed by atoms with Crippen LogP contribution >= 0.6 is 11.6 Å². The number of rotatable bonds is 5. The van der Waals surface area contributed by atoms with Crippen molar-refractivity contribution in [1.82, 2.24) is 4.90 Å². The normalized spacial score (nSPS) is 10.2. The summed E-state index contributed by atoms with van der Waals surface area (Å²) in [6, 6.07) is 3.73. The molecule has 0 saturated heterocycles. The third-order valence-electron chi connectivity index (χ3n) is 2.23. The maximum atomic E-state index is 11.8. The van der Waals surface area contributed by atoms with Crippen LogP contribution in [-0.2, 0) is 0 Å². The molecule has 0 radical (unpaired) electrons. The predicted molar refractivity (Wildman–Crippen MR) is 67.9 cm³/mol. The van der Waals surface area contributed by atoms with E-state index in [2.05, 4.69) is 5.32 Å². The summed E-state index contributed by atoms with van der Waals surface area (Å²) in [5, 5.41) is 30.0. The van der Waals surface area contributed by atoms with Gasteiger partial charge >= 0.3 is 6.03 Å². The molecular weight excluding hydrogens is 260 g/mol. The highest BCUT2D eigenvalue weighted by atomic mass is 35.5. The largest absolute Gasteiger partial charge is 0.506 e. The molecule has 6 nitrogen and oxygen atoms in total. The molecule has 0 aliphatic heterocycles. The summed E-state index contributed by atoms with van der Waals surface area (Å²) in [5.74, 6) is -0.110. The van der Waals surface area contributed by atoms with Crippen molar-refractivity contribution in [3.63, 3.8) is 0 Å². The van der Waals surface area contributed by atoms with E-state index in [9.17, 15) is 9.90 Å². The van der Waals surface area contributed by atoms with Gasteiger partial charge in [-0.05, 0) is 18.2 Å². The van der Waals surface area contributed by atoms with Crippen LogP contribution < -0.4 is 5.32 Å². The number of phenolic OH excluding ortho intramolecular Hbond substituents is 1. The summed E-state index contributed by atoms with van der Waals surface area (Å²) >= 11 is 5.75. The zero-order valence-corrected chi connectivity index (χ0v) is 10.4. The minimum atomic E-state index is -0.532. The van der Waals surface area contributed by atoms with Crippen molar-refractivity contribution in [2.24, 2.45) is 0 Å². The average Bonchev–Trinajstić information content (AvgIpc) is 2.33. The topological polar surface area (TPSA) is 93.0 Å². The quantitative estimate of drug-likeness (QED) is 0.599. The Morgan fingerprint density at radius 1 is 1.28 bits per heavy atom. The number of halogens is 1. The molecule has 0 atom stereocenters. The minimum Gasteiger partial charge on any atom is -0.506 e. The van der Waals surface area contributed by atoms with Gasteiger partial charge in [0.1, 0.15) is 5.75 Å². The molecule has 0 aliphatic carbocycles. The number of aromatic hydroxyl groups is 1. The minimum absolute atomic E-state index is 0.0910. The highest BCUT2D eigenvalue weighted by Gasteiger charge is 2.14. The van der Waals surface area contributed by atoms with Crippen molar-refractivity contribution in [2.45, 2.75) is 0 Å². The van der Waals surface area contributed by atoms with Gasteiger partial charge in [-0.25, -0.2) is 4.79 Å². The van der Waals surface area contributed by atoms with E-state index in [1.165, 1.54) is 23.1 Å². The summed E-state index contributed by atoms with van der Waals surface area (Å²) in [7, 11) is 0. The van der Waals surface area contributed by atoms with E-state index in [1.807, 2.05) is 0 Å². The van der Waals surface area contributed by atoms with E-state index in [0.29, 0.717) is 5.02 Å². The highest BCUT2D eigenvalue weighted by Crippen LogP contribution is 2.26. The average molecular weight is 275 g/mol. The van der Waals surface area contributed by atoms with Crippen molar-refractivity contribution >= 4 is 23.3 Å². The Labute approximate surface area is 109 Å². The highest BCUT2D eigenvalue weighted by molar-refractivity contribution is 6.31. The molecule has 7 heteroatoms. The number of amides is 2. The Morgan fingerprint density at radius 2 is 1.89 bits per heavy atom. The first-order valence-electron chi connectivity index (χ1n) is 5.34. The summed E-state index contributed by atoms with van der Waals surface area (Å²) in [5.41, 5.74) is 0.174. The van der Waals surface area contributed by atoms with Gasteiger partial charge in [-0.2, -0.15) is 0 Å². The van der Waals surface area contributed by atoms with Crippen molar-refractivity contribution in [1.29, 1.82) is 0 Å². The van der Waals surface area contributed by atoms with Crippen LogP contribution in [0.2, 0.25) is 5.02 Å². The fourth-order valence-electron chi connectivity index (χ4n) is 1.36. The first-order valence-corrected chi connectivity index (χ1v) is 5.72. The SMILES string of the molecule is O=C(Nc1cc(Cl)ccc1O)N(CCO)CCO. The predicted octanol–water partition coefficient (Wildman–Crippen LogP) is 0.864. The molecule has 4 N–H and O–H groups in total. The van der Waals surface area contributed by atoms with Crippen molar-refractivity contribution in [2.75, 3.05) is 31.6 Å². The number of urea groups is 1. The lowest BCUT2D eigenvalue weighted by Gasteiger charge is -2.21. The van der Waals surface area contributed by atoms with Gasteiger partial charge in [-0.1, -0.05) is 11.6 Å². The number of aliphatic hydroxyl groups excluding tert-OH is 2. The van der Waals surface area contributed by atoms with E-state index in [4.69, 9.17) is 21.8 Å². The van der Waals surface area contributed by atoms with E-state index >= 15 is 0 Å². The standard InChI is InChI=1S/C11H15ClN2O4/c12-8-1-2-10(17)9(7-8)13-11(18)14(3-5-15)4-6-16/h1-2,7,15-17H,3-6H2,(H,13,18). The number of nitrogens with zero attached hydrogens (tertiary/aromatic N) is 1. The lowest BCUT2D eigenvalue weighted by Crippen LogP contribution is -2.38. The molecule has 1 aromatic rings. The molecule has 0 bridgehead atoms. The van der Waals surface area contributed by atoms with Crippen LogP contribution in [0.15, 0.2) is 18.2 Å². The first kappa shape index (κ1) is 14.6. The summed E-state index contributed by atoms with van der Waals surface area (Å²) in [6.45, 7) is -0.245. The number of carbonyl (C=O) groups excluding carboxylic acids is 1. The van der Waals surface area contributed by atoms with Crippen LogP contribution in [-0.4, -0.2) is 52.6 Å². The second-order valence-corrected chi connectivity index (χ2v) is 3.96. The van der Waals surface area contributed by atoms with Crippen LogP contribution in [0.3, 0.4) is 0 Å².